The molecule has 0 saturated heterocycles. The number of fused-ring (bicyclic) bond motifs is 1. The minimum atomic E-state index is -4.68. The van der Waals surface area contributed by atoms with Gasteiger partial charge in [-0.1, -0.05) is 5.16 Å². The largest absolute Gasteiger partial charge is 0.471 e. The van der Waals surface area contributed by atoms with Gasteiger partial charge in [0.15, 0.2) is 11.5 Å². The van der Waals surface area contributed by atoms with E-state index in [2.05, 4.69) is 30.1 Å². The normalized spacial score (nSPS) is 11.8. The molecule has 0 atom stereocenters. The first-order chi connectivity index (χ1) is 10.9. The Hall–Kier alpha value is -2.98. The molecule has 0 aliphatic rings. The predicted molar refractivity (Wildman–Crippen MR) is 68.3 cm³/mol. The Kier molecular flexibility index (Phi) is 3.68. The highest BCUT2D eigenvalue weighted by Crippen LogP contribution is 2.27. The van der Waals surface area contributed by atoms with Crippen LogP contribution in [-0.2, 0) is 12.6 Å². The van der Waals surface area contributed by atoms with Crippen molar-refractivity contribution in [2.75, 3.05) is 6.54 Å². The van der Waals surface area contributed by atoms with Crippen molar-refractivity contribution in [3.63, 3.8) is 0 Å². The van der Waals surface area contributed by atoms with E-state index in [0.29, 0.717) is 11.2 Å². The predicted octanol–water partition coefficient (Wildman–Crippen LogP) is 1.10. The van der Waals surface area contributed by atoms with Gasteiger partial charge in [0.05, 0.1) is 0 Å². The van der Waals surface area contributed by atoms with Gasteiger partial charge in [0.1, 0.15) is 6.33 Å². The average Bonchev–Trinajstić information content (AvgIpc) is 3.14. The van der Waals surface area contributed by atoms with E-state index in [4.69, 9.17) is 0 Å². The Balaban J connectivity index is 1.57. The molecule has 0 aliphatic heterocycles. The summed E-state index contributed by atoms with van der Waals surface area (Å²) in [5, 5.41) is 9.66. The molecule has 0 saturated carbocycles. The first-order valence-corrected chi connectivity index (χ1v) is 6.41. The van der Waals surface area contributed by atoms with Crippen molar-refractivity contribution in [2.45, 2.75) is 12.6 Å². The fourth-order valence-corrected chi connectivity index (χ4v) is 1.82. The Bertz CT molecular complexity index is 841. The lowest BCUT2D eigenvalue weighted by Crippen LogP contribution is -2.26. The smallest absolute Gasteiger partial charge is 0.352 e. The van der Waals surface area contributed by atoms with Crippen LogP contribution < -0.4 is 5.32 Å². The number of pyridine rings is 1. The summed E-state index contributed by atoms with van der Waals surface area (Å²) in [5.41, 5.74) is 0.861. The summed E-state index contributed by atoms with van der Waals surface area (Å²) in [5.74, 6) is -1.93. The van der Waals surface area contributed by atoms with Gasteiger partial charge < -0.3 is 9.84 Å². The molecule has 3 aromatic heterocycles. The van der Waals surface area contributed by atoms with Crippen LogP contribution in [-0.4, -0.2) is 37.2 Å². The van der Waals surface area contributed by atoms with Crippen LogP contribution in [0.2, 0.25) is 0 Å². The minimum Gasteiger partial charge on any atom is -0.352 e. The third-order valence-electron chi connectivity index (χ3n) is 2.89. The summed E-state index contributed by atoms with van der Waals surface area (Å²) in [6.45, 7) is 0.0630. The lowest BCUT2D eigenvalue weighted by atomic mass is 10.2. The lowest BCUT2D eigenvalue weighted by Gasteiger charge is -2.03. The zero-order chi connectivity index (χ0) is 16.4. The van der Waals surface area contributed by atoms with Gasteiger partial charge in [-0.15, -0.1) is 0 Å². The molecule has 1 amide bonds. The summed E-state index contributed by atoms with van der Waals surface area (Å²) in [4.78, 5) is 19.1. The molecular formula is C12H9F3N6O2. The van der Waals surface area contributed by atoms with E-state index in [1.807, 2.05) is 0 Å². The molecular weight excluding hydrogens is 317 g/mol. The van der Waals surface area contributed by atoms with E-state index in [-0.39, 0.29) is 18.8 Å². The molecule has 0 aromatic carbocycles. The summed E-state index contributed by atoms with van der Waals surface area (Å²) in [7, 11) is 0. The third kappa shape index (κ3) is 3.27. The highest BCUT2D eigenvalue weighted by atomic mass is 19.4. The van der Waals surface area contributed by atoms with Crippen molar-refractivity contribution in [1.29, 1.82) is 0 Å². The number of hydrogen-bond acceptors (Lipinski definition) is 6. The van der Waals surface area contributed by atoms with Crippen molar-refractivity contribution in [3.8, 4) is 0 Å². The second-order valence-electron chi connectivity index (χ2n) is 4.50. The second kappa shape index (κ2) is 5.66. The standard InChI is InChI=1S/C12H9F3N6O2/c13-12(14,15)11-19-8(20-23-11)1-3-16-10(22)7-2-4-21-9(5-7)17-6-18-21/h2,4-6H,1,3H2,(H,16,22). The van der Waals surface area contributed by atoms with E-state index in [1.165, 1.54) is 10.8 Å². The molecule has 0 fully saturated rings. The quantitative estimate of drug-likeness (QED) is 0.771. The topological polar surface area (TPSA) is 98.2 Å². The van der Waals surface area contributed by atoms with Gasteiger partial charge in [-0.25, -0.2) is 9.50 Å². The first-order valence-electron chi connectivity index (χ1n) is 6.41. The number of alkyl halides is 3. The molecule has 120 valence electrons. The molecule has 0 bridgehead atoms. The second-order valence-corrected chi connectivity index (χ2v) is 4.50. The van der Waals surface area contributed by atoms with Gasteiger partial charge in [-0.05, 0) is 12.1 Å². The number of nitrogens with one attached hydrogen (secondary N) is 1. The zero-order valence-electron chi connectivity index (χ0n) is 11.4. The summed E-state index contributed by atoms with van der Waals surface area (Å²) >= 11 is 0. The summed E-state index contributed by atoms with van der Waals surface area (Å²) in [6, 6.07) is 3.09. The summed E-state index contributed by atoms with van der Waals surface area (Å²) in [6.07, 6.45) is -1.74. The number of carbonyl (C=O) groups is 1. The van der Waals surface area contributed by atoms with Gasteiger partial charge in [0.25, 0.3) is 5.91 Å². The minimum absolute atomic E-state index is 0.0124. The van der Waals surface area contributed by atoms with Crippen LogP contribution in [0.3, 0.4) is 0 Å². The van der Waals surface area contributed by atoms with E-state index < -0.39 is 18.0 Å². The van der Waals surface area contributed by atoms with Gasteiger partial charge in [-0.2, -0.15) is 23.3 Å². The van der Waals surface area contributed by atoms with E-state index in [9.17, 15) is 18.0 Å². The van der Waals surface area contributed by atoms with Crippen LogP contribution >= 0.6 is 0 Å². The molecule has 11 heteroatoms. The van der Waals surface area contributed by atoms with E-state index in [1.54, 1.807) is 18.3 Å². The molecule has 0 unspecified atom stereocenters. The molecule has 8 nitrogen and oxygen atoms in total. The molecule has 1 N–H and O–H groups in total. The average molecular weight is 326 g/mol. The van der Waals surface area contributed by atoms with Gasteiger partial charge in [0, 0.05) is 24.7 Å². The monoisotopic (exact) mass is 326 g/mol. The fourth-order valence-electron chi connectivity index (χ4n) is 1.82. The van der Waals surface area contributed by atoms with Gasteiger partial charge in [0.2, 0.25) is 0 Å². The van der Waals surface area contributed by atoms with Crippen LogP contribution in [0.1, 0.15) is 22.1 Å². The Morgan fingerprint density at radius 3 is 2.96 bits per heavy atom. The number of rotatable bonds is 4. The highest BCUT2D eigenvalue weighted by Gasteiger charge is 2.38. The van der Waals surface area contributed by atoms with Crippen LogP contribution in [0.4, 0.5) is 13.2 Å². The van der Waals surface area contributed by atoms with Crippen molar-refractivity contribution < 1.29 is 22.5 Å². The SMILES string of the molecule is O=C(NCCc1noc(C(F)(F)F)n1)c1ccn2ncnc2c1. The first kappa shape index (κ1) is 14.9. The van der Waals surface area contributed by atoms with Crippen LogP contribution in [0.15, 0.2) is 29.2 Å². The fraction of sp³-hybridized carbons (Fsp3) is 0.250. The van der Waals surface area contributed by atoms with Crippen molar-refractivity contribution >= 4 is 11.6 Å². The molecule has 0 spiro atoms. The number of carbonyl (C=O) groups excluding carboxylic acids is 1. The van der Waals surface area contributed by atoms with Gasteiger partial charge >= 0.3 is 12.1 Å². The number of amides is 1. The van der Waals surface area contributed by atoms with Crippen molar-refractivity contribution in [1.82, 2.24) is 30.1 Å². The Morgan fingerprint density at radius 1 is 1.39 bits per heavy atom. The van der Waals surface area contributed by atoms with Gasteiger partial charge in [-0.3, -0.25) is 4.79 Å². The van der Waals surface area contributed by atoms with Crippen LogP contribution in [0.5, 0.6) is 0 Å². The number of hydrogen-bond donors (Lipinski definition) is 1. The number of aromatic nitrogens is 5. The Morgan fingerprint density at radius 2 is 2.22 bits per heavy atom. The lowest BCUT2D eigenvalue weighted by molar-refractivity contribution is -0.159. The number of nitrogens with zero attached hydrogens (tertiary/aromatic N) is 5. The van der Waals surface area contributed by atoms with Crippen molar-refractivity contribution in [3.05, 3.63) is 41.9 Å². The maximum Gasteiger partial charge on any atom is 0.471 e. The van der Waals surface area contributed by atoms with Crippen LogP contribution in [0, 0.1) is 0 Å². The maximum absolute atomic E-state index is 12.3. The molecule has 0 radical (unpaired) electrons. The molecule has 0 aliphatic carbocycles. The molecule has 3 rings (SSSR count). The van der Waals surface area contributed by atoms with E-state index in [0.717, 1.165) is 0 Å². The van der Waals surface area contributed by atoms with Crippen molar-refractivity contribution in [2.24, 2.45) is 0 Å². The van der Waals surface area contributed by atoms with E-state index >= 15 is 0 Å². The zero-order valence-corrected chi connectivity index (χ0v) is 11.4. The third-order valence-corrected chi connectivity index (χ3v) is 2.89. The van der Waals surface area contributed by atoms with Crippen LogP contribution in [0.25, 0.3) is 5.65 Å². The summed E-state index contributed by atoms with van der Waals surface area (Å²) < 4.78 is 42.5. The Labute approximate surface area is 126 Å². The number of halogens is 3. The molecule has 23 heavy (non-hydrogen) atoms. The highest BCUT2D eigenvalue weighted by molar-refractivity contribution is 5.94. The molecule has 3 heterocycles. The maximum atomic E-state index is 12.3. The molecule has 3 aromatic rings.